The molecule has 0 aliphatic carbocycles. The first-order chi connectivity index (χ1) is 10.4. The molecule has 21 heavy (non-hydrogen) atoms. The normalized spacial score (nSPS) is 25.6. The maximum atomic E-state index is 5.51. The van der Waals surface area contributed by atoms with Crippen LogP contribution in [0.1, 0.15) is 24.4 Å². The highest BCUT2D eigenvalue weighted by atomic mass is 32.2. The molecule has 1 aromatic carbocycles. The van der Waals surface area contributed by atoms with E-state index in [0.29, 0.717) is 12.1 Å². The average Bonchev–Trinajstić information content (AvgIpc) is 2.58. The maximum absolute atomic E-state index is 5.51. The molecule has 3 rings (SSSR count). The zero-order valence-electron chi connectivity index (χ0n) is 12.7. The second-order valence-corrected chi connectivity index (χ2v) is 7.05. The lowest BCUT2D eigenvalue weighted by molar-refractivity contribution is 0.0157. The first-order valence-electron chi connectivity index (χ1n) is 8.11. The van der Waals surface area contributed by atoms with Crippen molar-refractivity contribution in [2.75, 3.05) is 44.4 Å². The molecule has 0 radical (unpaired) electrons. The quantitative estimate of drug-likeness (QED) is 0.903. The van der Waals surface area contributed by atoms with Crippen molar-refractivity contribution >= 4 is 11.8 Å². The molecule has 3 nitrogen and oxygen atoms in total. The highest BCUT2D eigenvalue weighted by molar-refractivity contribution is 7.99. The van der Waals surface area contributed by atoms with Gasteiger partial charge in [-0.2, -0.15) is 11.8 Å². The van der Waals surface area contributed by atoms with E-state index in [1.807, 2.05) is 0 Å². The zero-order chi connectivity index (χ0) is 14.3. The van der Waals surface area contributed by atoms with Crippen LogP contribution in [-0.4, -0.2) is 55.3 Å². The van der Waals surface area contributed by atoms with Crippen LogP contribution in [0.25, 0.3) is 0 Å². The zero-order valence-corrected chi connectivity index (χ0v) is 13.5. The summed E-state index contributed by atoms with van der Waals surface area (Å²) in [6, 6.07) is 12.1. The van der Waals surface area contributed by atoms with Crippen molar-refractivity contribution in [3.05, 3.63) is 35.9 Å². The molecular formula is C17H26N2OS. The van der Waals surface area contributed by atoms with Gasteiger partial charge >= 0.3 is 0 Å². The molecule has 4 heteroatoms. The molecule has 2 unspecified atom stereocenters. The SMILES string of the molecule is c1ccc(C(CNC2CCCSC2)N2CCOCC2)cc1. The Balaban J connectivity index is 1.63. The molecule has 0 saturated carbocycles. The van der Waals surface area contributed by atoms with Gasteiger partial charge in [0.25, 0.3) is 0 Å². The predicted octanol–water partition coefficient (Wildman–Crippen LogP) is 2.55. The summed E-state index contributed by atoms with van der Waals surface area (Å²) in [5.74, 6) is 2.61. The van der Waals surface area contributed by atoms with Gasteiger partial charge in [-0.25, -0.2) is 0 Å². The molecular weight excluding hydrogens is 280 g/mol. The summed E-state index contributed by atoms with van der Waals surface area (Å²) in [5, 5.41) is 3.81. The Morgan fingerprint density at radius 2 is 2.05 bits per heavy atom. The van der Waals surface area contributed by atoms with Crippen molar-refractivity contribution in [1.82, 2.24) is 10.2 Å². The van der Waals surface area contributed by atoms with E-state index in [2.05, 4.69) is 52.3 Å². The molecule has 1 aromatic rings. The van der Waals surface area contributed by atoms with E-state index in [0.717, 1.165) is 32.8 Å². The Bertz CT molecular complexity index is 403. The molecule has 2 aliphatic rings. The minimum absolute atomic E-state index is 0.474. The van der Waals surface area contributed by atoms with Crippen LogP contribution in [0.3, 0.4) is 0 Å². The second kappa shape index (κ2) is 8.18. The first kappa shape index (κ1) is 15.3. The van der Waals surface area contributed by atoms with Crippen LogP contribution >= 0.6 is 11.8 Å². The molecule has 116 valence electrons. The molecule has 2 saturated heterocycles. The Hall–Kier alpha value is -0.550. The molecule has 0 bridgehead atoms. The van der Waals surface area contributed by atoms with E-state index in [9.17, 15) is 0 Å². The number of rotatable bonds is 5. The van der Waals surface area contributed by atoms with Gasteiger partial charge in [0, 0.05) is 37.5 Å². The van der Waals surface area contributed by atoms with E-state index in [1.165, 1.54) is 29.9 Å². The molecule has 2 aliphatic heterocycles. The van der Waals surface area contributed by atoms with Crippen LogP contribution < -0.4 is 5.32 Å². The molecule has 1 N–H and O–H groups in total. The summed E-state index contributed by atoms with van der Waals surface area (Å²) < 4.78 is 5.51. The first-order valence-corrected chi connectivity index (χ1v) is 9.27. The summed E-state index contributed by atoms with van der Waals surface area (Å²) in [5.41, 5.74) is 1.43. The number of nitrogens with zero attached hydrogens (tertiary/aromatic N) is 1. The molecule has 0 spiro atoms. The Labute approximate surface area is 132 Å². The van der Waals surface area contributed by atoms with Gasteiger partial charge in [-0.3, -0.25) is 4.90 Å². The monoisotopic (exact) mass is 306 g/mol. The molecule has 2 fully saturated rings. The van der Waals surface area contributed by atoms with Crippen molar-refractivity contribution < 1.29 is 4.74 Å². The van der Waals surface area contributed by atoms with Crippen LogP contribution in [-0.2, 0) is 4.74 Å². The van der Waals surface area contributed by atoms with Gasteiger partial charge in [-0.05, 0) is 24.2 Å². The van der Waals surface area contributed by atoms with Crippen molar-refractivity contribution in [2.24, 2.45) is 0 Å². The number of hydrogen-bond donors (Lipinski definition) is 1. The Morgan fingerprint density at radius 3 is 2.76 bits per heavy atom. The molecule has 0 aromatic heterocycles. The van der Waals surface area contributed by atoms with Crippen molar-refractivity contribution in [1.29, 1.82) is 0 Å². The van der Waals surface area contributed by atoms with Crippen molar-refractivity contribution in [3.63, 3.8) is 0 Å². The number of benzene rings is 1. The summed E-state index contributed by atoms with van der Waals surface area (Å²) in [6.07, 6.45) is 2.69. The van der Waals surface area contributed by atoms with Crippen molar-refractivity contribution in [3.8, 4) is 0 Å². The molecule has 2 atom stereocenters. The third-order valence-electron chi connectivity index (χ3n) is 4.43. The Morgan fingerprint density at radius 1 is 1.24 bits per heavy atom. The topological polar surface area (TPSA) is 24.5 Å². The fourth-order valence-electron chi connectivity index (χ4n) is 3.20. The van der Waals surface area contributed by atoms with E-state index in [4.69, 9.17) is 4.74 Å². The van der Waals surface area contributed by atoms with Gasteiger partial charge in [-0.15, -0.1) is 0 Å². The largest absolute Gasteiger partial charge is 0.379 e. The summed E-state index contributed by atoms with van der Waals surface area (Å²) in [6.45, 7) is 4.86. The highest BCUT2D eigenvalue weighted by Crippen LogP contribution is 2.23. The van der Waals surface area contributed by atoms with Crippen LogP contribution in [0.2, 0.25) is 0 Å². The van der Waals surface area contributed by atoms with E-state index in [-0.39, 0.29) is 0 Å². The summed E-state index contributed by atoms with van der Waals surface area (Å²) in [7, 11) is 0. The van der Waals surface area contributed by atoms with Crippen LogP contribution in [0, 0.1) is 0 Å². The lowest BCUT2D eigenvalue weighted by Crippen LogP contribution is -2.45. The van der Waals surface area contributed by atoms with Gasteiger partial charge in [-0.1, -0.05) is 30.3 Å². The summed E-state index contributed by atoms with van der Waals surface area (Å²) >= 11 is 2.09. The van der Waals surface area contributed by atoms with Gasteiger partial charge in [0.05, 0.1) is 13.2 Å². The minimum Gasteiger partial charge on any atom is -0.379 e. The predicted molar refractivity (Wildman–Crippen MR) is 89.9 cm³/mol. The van der Waals surface area contributed by atoms with E-state index >= 15 is 0 Å². The number of ether oxygens (including phenoxy) is 1. The van der Waals surface area contributed by atoms with Gasteiger partial charge < -0.3 is 10.1 Å². The van der Waals surface area contributed by atoms with E-state index < -0.39 is 0 Å². The fourth-order valence-corrected chi connectivity index (χ4v) is 4.31. The smallest absolute Gasteiger partial charge is 0.0594 e. The number of hydrogen-bond acceptors (Lipinski definition) is 4. The van der Waals surface area contributed by atoms with Crippen LogP contribution in [0.15, 0.2) is 30.3 Å². The van der Waals surface area contributed by atoms with Crippen molar-refractivity contribution in [2.45, 2.75) is 24.9 Å². The molecule has 2 heterocycles. The summed E-state index contributed by atoms with van der Waals surface area (Å²) in [4.78, 5) is 2.57. The van der Waals surface area contributed by atoms with Gasteiger partial charge in [0.2, 0.25) is 0 Å². The standard InChI is InChI=1S/C17H26N2OS/c1-2-5-15(6-3-1)17(19-8-10-20-11-9-19)13-18-16-7-4-12-21-14-16/h1-3,5-6,16-18H,4,7-14H2. The number of thioether (sulfide) groups is 1. The molecule has 0 amide bonds. The average molecular weight is 306 g/mol. The Kier molecular flexibility index (Phi) is 5.98. The van der Waals surface area contributed by atoms with E-state index in [1.54, 1.807) is 0 Å². The highest BCUT2D eigenvalue weighted by Gasteiger charge is 2.23. The third-order valence-corrected chi connectivity index (χ3v) is 5.65. The maximum Gasteiger partial charge on any atom is 0.0594 e. The number of nitrogens with one attached hydrogen (secondary N) is 1. The second-order valence-electron chi connectivity index (χ2n) is 5.90. The van der Waals surface area contributed by atoms with Gasteiger partial charge in [0.15, 0.2) is 0 Å². The third kappa shape index (κ3) is 4.46. The lowest BCUT2D eigenvalue weighted by Gasteiger charge is -2.36. The number of morpholine rings is 1. The lowest BCUT2D eigenvalue weighted by atomic mass is 10.0. The fraction of sp³-hybridized carbons (Fsp3) is 0.647. The van der Waals surface area contributed by atoms with Crippen LogP contribution in [0.5, 0.6) is 0 Å². The van der Waals surface area contributed by atoms with Crippen LogP contribution in [0.4, 0.5) is 0 Å². The van der Waals surface area contributed by atoms with Gasteiger partial charge in [0.1, 0.15) is 0 Å². The minimum atomic E-state index is 0.474.